The molecule has 0 spiro atoms. The van der Waals surface area contributed by atoms with Crippen molar-refractivity contribution in [2.24, 2.45) is 0 Å². The van der Waals surface area contributed by atoms with Gasteiger partial charge in [0.1, 0.15) is 6.54 Å². The Hall–Kier alpha value is -1.82. The summed E-state index contributed by atoms with van der Waals surface area (Å²) >= 11 is 3.40. The van der Waals surface area contributed by atoms with Crippen LogP contribution in [-0.4, -0.2) is 28.5 Å². The normalized spacial score (nSPS) is 10.6. The molecular formula is C13H13BrN2O3. The molecule has 1 aromatic carbocycles. The second kappa shape index (κ2) is 5.88. The first-order valence-corrected chi connectivity index (χ1v) is 6.59. The number of benzene rings is 1. The number of aromatic nitrogens is 1. The predicted octanol–water partition coefficient (Wildman–Crippen LogP) is 2.06. The van der Waals surface area contributed by atoms with Crippen molar-refractivity contribution in [1.82, 2.24) is 10.3 Å². The number of fused-ring (bicyclic) bond motifs is 1. The van der Waals surface area contributed by atoms with Gasteiger partial charge >= 0.3 is 5.97 Å². The third-order valence-electron chi connectivity index (χ3n) is 2.79. The van der Waals surface area contributed by atoms with Crippen LogP contribution in [0.1, 0.15) is 12.0 Å². The lowest BCUT2D eigenvalue weighted by atomic mass is 10.1. The summed E-state index contributed by atoms with van der Waals surface area (Å²) in [6.07, 6.45) is 2.73. The molecule has 19 heavy (non-hydrogen) atoms. The van der Waals surface area contributed by atoms with E-state index in [0.717, 1.165) is 20.9 Å². The van der Waals surface area contributed by atoms with Gasteiger partial charge in [-0.2, -0.15) is 0 Å². The number of carbonyl (C=O) groups is 2. The molecule has 1 amide bonds. The Kier molecular flexibility index (Phi) is 4.21. The minimum atomic E-state index is -1.04. The summed E-state index contributed by atoms with van der Waals surface area (Å²) in [4.78, 5) is 24.9. The van der Waals surface area contributed by atoms with Crippen molar-refractivity contribution in [2.75, 3.05) is 6.54 Å². The fourth-order valence-corrected chi connectivity index (χ4v) is 2.24. The third-order valence-corrected chi connectivity index (χ3v) is 3.28. The highest BCUT2D eigenvalue weighted by atomic mass is 79.9. The number of carboxylic acids is 1. The fraction of sp³-hybridized carbons (Fsp3) is 0.231. The molecule has 0 aliphatic carbocycles. The van der Waals surface area contributed by atoms with Gasteiger partial charge in [0, 0.05) is 28.0 Å². The van der Waals surface area contributed by atoms with Crippen LogP contribution in [0.3, 0.4) is 0 Å². The van der Waals surface area contributed by atoms with Gasteiger partial charge in [-0.3, -0.25) is 9.59 Å². The molecule has 0 fully saturated rings. The number of hydrogen-bond donors (Lipinski definition) is 3. The fourth-order valence-electron chi connectivity index (χ4n) is 1.88. The summed E-state index contributed by atoms with van der Waals surface area (Å²) in [5.41, 5.74) is 2.06. The highest BCUT2D eigenvalue weighted by molar-refractivity contribution is 9.10. The van der Waals surface area contributed by atoms with Gasteiger partial charge in [-0.05, 0) is 24.1 Å². The zero-order valence-electron chi connectivity index (χ0n) is 10.1. The molecule has 1 aromatic heterocycles. The van der Waals surface area contributed by atoms with E-state index in [1.54, 1.807) is 0 Å². The summed E-state index contributed by atoms with van der Waals surface area (Å²) in [6, 6.07) is 5.91. The van der Waals surface area contributed by atoms with E-state index in [-0.39, 0.29) is 18.9 Å². The van der Waals surface area contributed by atoms with Crippen LogP contribution in [0.4, 0.5) is 0 Å². The minimum Gasteiger partial charge on any atom is -0.480 e. The topological polar surface area (TPSA) is 82.2 Å². The van der Waals surface area contributed by atoms with Crippen LogP contribution in [-0.2, 0) is 16.0 Å². The second-order valence-electron chi connectivity index (χ2n) is 4.17. The van der Waals surface area contributed by atoms with Gasteiger partial charge in [-0.15, -0.1) is 0 Å². The van der Waals surface area contributed by atoms with Crippen molar-refractivity contribution < 1.29 is 14.7 Å². The van der Waals surface area contributed by atoms with Crippen LogP contribution < -0.4 is 5.32 Å². The smallest absolute Gasteiger partial charge is 0.322 e. The average Bonchev–Trinajstić information content (AvgIpc) is 2.76. The predicted molar refractivity (Wildman–Crippen MR) is 75.0 cm³/mol. The van der Waals surface area contributed by atoms with Crippen molar-refractivity contribution in [3.63, 3.8) is 0 Å². The first-order chi connectivity index (χ1) is 9.06. The van der Waals surface area contributed by atoms with Gasteiger partial charge in [-0.25, -0.2) is 0 Å². The highest BCUT2D eigenvalue weighted by Gasteiger charge is 2.08. The van der Waals surface area contributed by atoms with E-state index in [1.807, 2.05) is 24.4 Å². The lowest BCUT2D eigenvalue weighted by Gasteiger charge is -2.02. The van der Waals surface area contributed by atoms with Crippen LogP contribution in [0.25, 0.3) is 10.9 Å². The van der Waals surface area contributed by atoms with Crippen LogP contribution in [0.5, 0.6) is 0 Å². The molecule has 0 bridgehead atoms. The lowest BCUT2D eigenvalue weighted by molar-refractivity contribution is -0.137. The van der Waals surface area contributed by atoms with Crippen molar-refractivity contribution in [1.29, 1.82) is 0 Å². The van der Waals surface area contributed by atoms with E-state index >= 15 is 0 Å². The summed E-state index contributed by atoms with van der Waals surface area (Å²) in [6.45, 7) is -0.334. The molecule has 5 nitrogen and oxygen atoms in total. The summed E-state index contributed by atoms with van der Waals surface area (Å²) in [5.74, 6) is -1.29. The average molecular weight is 325 g/mol. The number of nitrogens with one attached hydrogen (secondary N) is 2. The van der Waals surface area contributed by atoms with E-state index in [2.05, 4.69) is 26.2 Å². The highest BCUT2D eigenvalue weighted by Crippen LogP contribution is 2.23. The SMILES string of the molecule is O=C(O)CNC(=O)CCc1c[nH]c2cc(Br)ccc12. The molecule has 0 atom stereocenters. The number of H-pyrrole nitrogens is 1. The van der Waals surface area contributed by atoms with Gasteiger partial charge in [0.2, 0.25) is 5.91 Å². The van der Waals surface area contributed by atoms with E-state index in [1.165, 1.54) is 0 Å². The van der Waals surface area contributed by atoms with Gasteiger partial charge in [-0.1, -0.05) is 22.0 Å². The number of carboxylic acid groups (broad SMARTS) is 1. The maximum absolute atomic E-state index is 11.4. The lowest BCUT2D eigenvalue weighted by Crippen LogP contribution is -2.29. The molecule has 1 heterocycles. The standard InChI is InChI=1S/C13H13BrN2O3/c14-9-2-3-10-8(6-15-11(10)5-9)1-4-12(17)16-7-13(18)19/h2-3,5-6,15H,1,4,7H2,(H,16,17)(H,18,19). The first kappa shape index (κ1) is 13.6. The summed E-state index contributed by atoms with van der Waals surface area (Å²) in [7, 11) is 0. The Morgan fingerprint density at radius 3 is 2.89 bits per heavy atom. The Bertz CT molecular complexity index is 621. The molecule has 3 N–H and O–H groups in total. The Balaban J connectivity index is 1.98. The van der Waals surface area contributed by atoms with Crippen molar-refractivity contribution >= 4 is 38.7 Å². The monoisotopic (exact) mass is 324 g/mol. The molecule has 0 radical (unpaired) electrons. The quantitative estimate of drug-likeness (QED) is 0.787. The molecule has 0 unspecified atom stereocenters. The molecule has 0 saturated carbocycles. The number of rotatable bonds is 5. The number of aryl methyl sites for hydroxylation is 1. The molecule has 0 aliphatic heterocycles. The Morgan fingerprint density at radius 1 is 1.37 bits per heavy atom. The van der Waals surface area contributed by atoms with Crippen molar-refractivity contribution in [3.8, 4) is 0 Å². The maximum Gasteiger partial charge on any atom is 0.322 e. The van der Waals surface area contributed by atoms with Gasteiger partial charge in [0.25, 0.3) is 0 Å². The summed E-state index contributed by atoms with van der Waals surface area (Å²) in [5, 5.41) is 11.9. The zero-order valence-corrected chi connectivity index (χ0v) is 11.7. The first-order valence-electron chi connectivity index (χ1n) is 5.80. The van der Waals surface area contributed by atoms with Gasteiger partial charge < -0.3 is 15.4 Å². The van der Waals surface area contributed by atoms with Crippen LogP contribution in [0.2, 0.25) is 0 Å². The summed E-state index contributed by atoms with van der Waals surface area (Å²) < 4.78 is 0.993. The molecule has 2 rings (SSSR count). The van der Waals surface area contributed by atoms with Crippen LogP contribution >= 0.6 is 15.9 Å². The van der Waals surface area contributed by atoms with Crippen molar-refractivity contribution in [3.05, 3.63) is 34.4 Å². The number of hydrogen-bond acceptors (Lipinski definition) is 2. The largest absolute Gasteiger partial charge is 0.480 e. The van der Waals surface area contributed by atoms with Gasteiger partial charge in [0.15, 0.2) is 0 Å². The minimum absolute atomic E-state index is 0.256. The number of halogens is 1. The molecular weight excluding hydrogens is 312 g/mol. The molecule has 6 heteroatoms. The number of amides is 1. The van der Waals surface area contributed by atoms with E-state index in [9.17, 15) is 9.59 Å². The number of aromatic amines is 1. The van der Waals surface area contributed by atoms with Gasteiger partial charge in [0.05, 0.1) is 0 Å². The Morgan fingerprint density at radius 2 is 2.16 bits per heavy atom. The molecule has 100 valence electrons. The second-order valence-corrected chi connectivity index (χ2v) is 5.09. The third kappa shape index (κ3) is 3.57. The molecule has 0 aliphatic rings. The molecule has 0 saturated heterocycles. The number of carbonyl (C=O) groups excluding carboxylic acids is 1. The van der Waals surface area contributed by atoms with Crippen LogP contribution in [0, 0.1) is 0 Å². The Labute approximate surface area is 118 Å². The molecule has 2 aromatic rings. The number of aliphatic carboxylic acids is 1. The van der Waals surface area contributed by atoms with Crippen LogP contribution in [0.15, 0.2) is 28.9 Å². The van der Waals surface area contributed by atoms with E-state index in [4.69, 9.17) is 5.11 Å². The zero-order chi connectivity index (χ0) is 13.8. The van der Waals surface area contributed by atoms with Crippen molar-refractivity contribution in [2.45, 2.75) is 12.8 Å². The van der Waals surface area contributed by atoms with E-state index in [0.29, 0.717) is 6.42 Å². The maximum atomic E-state index is 11.4. The van der Waals surface area contributed by atoms with E-state index < -0.39 is 5.97 Å².